The Morgan fingerprint density at radius 1 is 1.06 bits per heavy atom. The van der Waals surface area contributed by atoms with Gasteiger partial charge in [0.2, 0.25) is 0 Å². The summed E-state index contributed by atoms with van der Waals surface area (Å²) in [6.07, 6.45) is 2.89. The van der Waals surface area contributed by atoms with E-state index in [4.69, 9.17) is 10.5 Å². The van der Waals surface area contributed by atoms with E-state index in [0.29, 0.717) is 12.4 Å². The Balaban J connectivity index is 1.44. The van der Waals surface area contributed by atoms with Crippen molar-refractivity contribution < 1.29 is 9.53 Å². The van der Waals surface area contributed by atoms with Crippen molar-refractivity contribution in [2.75, 3.05) is 36.9 Å². The van der Waals surface area contributed by atoms with E-state index in [1.54, 1.807) is 0 Å². The van der Waals surface area contributed by atoms with Gasteiger partial charge in [0.25, 0.3) is 5.91 Å². The molecule has 0 spiro atoms. The Hall–Kier alpha value is -3.38. The van der Waals surface area contributed by atoms with E-state index in [1.165, 1.54) is 5.69 Å². The van der Waals surface area contributed by atoms with E-state index in [0.717, 1.165) is 59.5 Å². The number of ether oxygens (including phenoxy) is 1. The van der Waals surface area contributed by atoms with E-state index in [2.05, 4.69) is 58.5 Å². The molecule has 2 aliphatic rings. The van der Waals surface area contributed by atoms with Crippen LogP contribution in [0.5, 0.6) is 0 Å². The molecule has 1 aromatic heterocycles. The normalized spacial score (nSPS) is 18.4. The number of hydrogen-bond donors (Lipinski definition) is 2. The number of amides is 1. The van der Waals surface area contributed by atoms with E-state index in [-0.39, 0.29) is 12.0 Å². The van der Waals surface area contributed by atoms with Crippen molar-refractivity contribution in [3.8, 4) is 22.3 Å². The summed E-state index contributed by atoms with van der Waals surface area (Å²) in [5.41, 5.74) is 13.2. The van der Waals surface area contributed by atoms with E-state index < -0.39 is 0 Å². The maximum absolute atomic E-state index is 12.0. The van der Waals surface area contributed by atoms with Crippen LogP contribution in [0.2, 0.25) is 0 Å². The van der Waals surface area contributed by atoms with Crippen LogP contribution in [0.25, 0.3) is 22.3 Å². The van der Waals surface area contributed by atoms with Crippen molar-refractivity contribution in [3.63, 3.8) is 0 Å². The van der Waals surface area contributed by atoms with Crippen LogP contribution in [0, 0.1) is 0 Å². The van der Waals surface area contributed by atoms with Crippen molar-refractivity contribution in [1.82, 2.24) is 10.3 Å². The largest absolute Gasteiger partial charge is 0.383 e. The van der Waals surface area contributed by atoms with E-state index >= 15 is 0 Å². The number of benzene rings is 2. The van der Waals surface area contributed by atoms with Crippen LogP contribution in [-0.2, 0) is 11.2 Å². The molecule has 1 unspecified atom stereocenters. The van der Waals surface area contributed by atoms with Crippen LogP contribution in [-0.4, -0.2) is 43.2 Å². The number of nitrogens with zero attached hydrogens (tertiary/aromatic N) is 2. The second-order valence-electron chi connectivity index (χ2n) is 8.21. The molecular weight excluding hydrogens is 388 g/mol. The van der Waals surface area contributed by atoms with Gasteiger partial charge in [-0.3, -0.25) is 4.79 Å². The van der Waals surface area contributed by atoms with Crippen LogP contribution in [0.1, 0.15) is 22.8 Å². The van der Waals surface area contributed by atoms with Gasteiger partial charge in [-0.2, -0.15) is 0 Å². The first-order valence-electron chi connectivity index (χ1n) is 10.7. The second kappa shape index (κ2) is 8.04. The molecule has 3 N–H and O–H groups in total. The summed E-state index contributed by atoms with van der Waals surface area (Å²) in [5.74, 6) is 0.477. The van der Waals surface area contributed by atoms with Crippen LogP contribution in [0.3, 0.4) is 0 Å². The number of rotatable bonds is 3. The van der Waals surface area contributed by atoms with Crippen LogP contribution in [0.4, 0.5) is 11.5 Å². The highest BCUT2D eigenvalue weighted by Gasteiger charge is 2.19. The number of nitrogens with one attached hydrogen (secondary N) is 1. The van der Waals surface area contributed by atoms with Crippen LogP contribution in [0.15, 0.2) is 54.7 Å². The molecule has 158 valence electrons. The molecule has 2 aromatic carbocycles. The topological polar surface area (TPSA) is 80.5 Å². The number of pyridine rings is 1. The molecular formula is C25H26N4O2. The van der Waals surface area contributed by atoms with Gasteiger partial charge in [0.15, 0.2) is 0 Å². The second-order valence-corrected chi connectivity index (χ2v) is 8.21. The van der Waals surface area contributed by atoms with Crippen molar-refractivity contribution in [2.45, 2.75) is 19.4 Å². The molecule has 0 aliphatic carbocycles. The monoisotopic (exact) mass is 414 g/mol. The minimum atomic E-state index is -0.0117. The van der Waals surface area contributed by atoms with Gasteiger partial charge >= 0.3 is 0 Å². The molecule has 0 bridgehead atoms. The zero-order valence-corrected chi connectivity index (χ0v) is 17.6. The number of hydrogen-bond acceptors (Lipinski definition) is 5. The van der Waals surface area contributed by atoms with Gasteiger partial charge in [0, 0.05) is 48.2 Å². The zero-order chi connectivity index (χ0) is 21.4. The van der Waals surface area contributed by atoms with Crippen LogP contribution >= 0.6 is 0 Å². The zero-order valence-electron chi connectivity index (χ0n) is 17.6. The molecule has 1 amide bonds. The molecule has 0 radical (unpaired) electrons. The summed E-state index contributed by atoms with van der Waals surface area (Å²) >= 11 is 0. The van der Waals surface area contributed by atoms with E-state index in [9.17, 15) is 4.79 Å². The van der Waals surface area contributed by atoms with Crippen LogP contribution < -0.4 is 16.0 Å². The van der Waals surface area contributed by atoms with Crippen molar-refractivity contribution >= 4 is 17.4 Å². The lowest BCUT2D eigenvalue weighted by molar-refractivity contribution is 0.0532. The highest BCUT2D eigenvalue weighted by molar-refractivity contribution is 5.97. The predicted octanol–water partition coefficient (Wildman–Crippen LogP) is 3.51. The average Bonchev–Trinajstić information content (AvgIpc) is 2.79. The third kappa shape index (κ3) is 3.86. The number of nitrogen functional groups attached to an aromatic ring is 1. The summed E-state index contributed by atoms with van der Waals surface area (Å²) in [4.78, 5) is 18.8. The Morgan fingerprint density at radius 3 is 2.68 bits per heavy atom. The minimum Gasteiger partial charge on any atom is -0.383 e. The first-order chi connectivity index (χ1) is 15.1. The Morgan fingerprint density at radius 2 is 1.87 bits per heavy atom. The van der Waals surface area contributed by atoms with Gasteiger partial charge in [-0.25, -0.2) is 4.98 Å². The Labute approximate surface area is 182 Å². The van der Waals surface area contributed by atoms with Crippen molar-refractivity contribution in [3.05, 3.63) is 65.9 Å². The van der Waals surface area contributed by atoms with Crippen molar-refractivity contribution in [1.29, 1.82) is 0 Å². The summed E-state index contributed by atoms with van der Waals surface area (Å²) in [6.45, 7) is 5.35. The molecule has 0 saturated carbocycles. The van der Waals surface area contributed by atoms with E-state index in [1.807, 2.05) is 18.3 Å². The lowest BCUT2D eigenvalue weighted by Gasteiger charge is -2.33. The standard InChI is InChI=1S/C25H26N4O2/c1-16-15-29(10-11-31-16)21-5-2-17(3-6-21)20-13-23(24(26)28-14-20)18-4-7-22-19(12-18)8-9-27-25(22)30/h2-7,12-14,16H,8-11,15H2,1H3,(H2,26,28)(H,27,30). The molecule has 1 saturated heterocycles. The molecule has 6 nitrogen and oxygen atoms in total. The Bertz CT molecular complexity index is 1130. The quantitative estimate of drug-likeness (QED) is 0.686. The molecule has 5 rings (SSSR count). The number of carbonyl (C=O) groups excluding carboxylic acids is 1. The number of morpholine rings is 1. The maximum atomic E-state index is 12.0. The first kappa shape index (κ1) is 19.6. The smallest absolute Gasteiger partial charge is 0.251 e. The Kier molecular flexibility index (Phi) is 5.08. The molecule has 3 aromatic rings. The lowest BCUT2D eigenvalue weighted by atomic mass is 9.94. The molecule has 6 heteroatoms. The number of carbonyl (C=O) groups is 1. The third-order valence-electron chi connectivity index (χ3n) is 6.07. The molecule has 1 atom stereocenters. The lowest BCUT2D eigenvalue weighted by Crippen LogP contribution is -2.41. The molecule has 1 fully saturated rings. The summed E-state index contributed by atoms with van der Waals surface area (Å²) in [6, 6.07) is 16.5. The first-order valence-corrected chi connectivity index (χ1v) is 10.7. The number of nitrogens with two attached hydrogens (primary N) is 1. The van der Waals surface area contributed by atoms with Crippen molar-refractivity contribution in [2.24, 2.45) is 0 Å². The highest BCUT2D eigenvalue weighted by Crippen LogP contribution is 2.32. The predicted molar refractivity (Wildman–Crippen MR) is 123 cm³/mol. The number of aromatic nitrogens is 1. The third-order valence-corrected chi connectivity index (χ3v) is 6.07. The number of fused-ring (bicyclic) bond motifs is 1. The fourth-order valence-corrected chi connectivity index (χ4v) is 4.38. The summed E-state index contributed by atoms with van der Waals surface area (Å²) in [7, 11) is 0. The van der Waals surface area contributed by atoms with Gasteiger partial charge in [-0.15, -0.1) is 0 Å². The maximum Gasteiger partial charge on any atom is 0.251 e. The van der Waals surface area contributed by atoms with Gasteiger partial charge in [-0.1, -0.05) is 24.3 Å². The molecule has 3 heterocycles. The fourth-order valence-electron chi connectivity index (χ4n) is 4.38. The summed E-state index contributed by atoms with van der Waals surface area (Å²) in [5, 5.41) is 2.88. The van der Waals surface area contributed by atoms with Gasteiger partial charge < -0.3 is 20.7 Å². The van der Waals surface area contributed by atoms with Gasteiger partial charge in [-0.05, 0) is 54.3 Å². The average molecular weight is 415 g/mol. The van der Waals surface area contributed by atoms with Gasteiger partial charge in [0.05, 0.1) is 12.7 Å². The summed E-state index contributed by atoms with van der Waals surface area (Å²) < 4.78 is 5.65. The fraction of sp³-hybridized carbons (Fsp3) is 0.280. The molecule has 31 heavy (non-hydrogen) atoms. The SMILES string of the molecule is CC1CN(c2ccc(-c3cnc(N)c(-c4ccc5c(c4)CCNC5=O)c3)cc2)CCO1. The molecule has 2 aliphatic heterocycles. The minimum absolute atomic E-state index is 0.0117. The van der Waals surface area contributed by atoms with Gasteiger partial charge in [0.1, 0.15) is 5.82 Å². The number of anilines is 2. The highest BCUT2D eigenvalue weighted by atomic mass is 16.5.